The number of unbranched alkanes of at least 4 members (excludes halogenated alkanes) is 1. The van der Waals surface area contributed by atoms with E-state index < -0.39 is 18.0 Å². The number of rotatable bonds is 10. The van der Waals surface area contributed by atoms with Gasteiger partial charge in [-0.15, -0.1) is 0 Å². The normalized spacial score (nSPS) is 17.8. The molecule has 0 aromatic heterocycles. The van der Waals surface area contributed by atoms with Gasteiger partial charge in [-0.25, -0.2) is 4.79 Å². The van der Waals surface area contributed by atoms with Crippen molar-refractivity contribution in [1.82, 2.24) is 4.90 Å². The lowest BCUT2D eigenvalue weighted by Crippen LogP contribution is -2.30. The van der Waals surface area contributed by atoms with Crippen LogP contribution in [0.15, 0.2) is 78.1 Å². The Morgan fingerprint density at radius 3 is 2.20 bits per heavy atom. The third-order valence-electron chi connectivity index (χ3n) is 6.71. The van der Waals surface area contributed by atoms with Crippen LogP contribution in [0, 0.1) is 11.8 Å². The fourth-order valence-electron chi connectivity index (χ4n) is 4.59. The summed E-state index contributed by atoms with van der Waals surface area (Å²) >= 11 is 0. The lowest BCUT2D eigenvalue weighted by molar-refractivity contribution is -0.138. The highest BCUT2D eigenvalue weighted by Gasteiger charge is 2.36. The maximum Gasteiger partial charge on any atom is 0.338 e. The number of hydrogen-bond acceptors (Lipinski definition) is 9. The number of ether oxygens (including phenoxy) is 2. The van der Waals surface area contributed by atoms with Crippen LogP contribution in [0.2, 0.25) is 0 Å². The van der Waals surface area contributed by atoms with Crippen molar-refractivity contribution in [3.8, 4) is 0 Å². The number of methoxy groups -OCH3 is 1. The monoisotopic (exact) mass is 566 g/mol. The molecule has 0 bridgehead atoms. The maximum absolute atomic E-state index is 12.3. The van der Waals surface area contributed by atoms with Crippen LogP contribution < -0.4 is 17.2 Å². The molecule has 2 aliphatic rings. The summed E-state index contributed by atoms with van der Waals surface area (Å²) in [5.41, 5.74) is 20.3. The minimum absolute atomic E-state index is 0.0642. The first-order valence-electron chi connectivity index (χ1n) is 13.6. The molecule has 0 amide bonds. The summed E-state index contributed by atoms with van der Waals surface area (Å²) in [6, 6.07) is 15.2. The van der Waals surface area contributed by atoms with E-state index in [9.17, 15) is 14.4 Å². The summed E-state index contributed by atoms with van der Waals surface area (Å²) in [6.07, 6.45) is 8.35. The number of carbonyl (C=O) groups is 3. The zero-order valence-corrected chi connectivity index (χ0v) is 23.8. The fraction of sp³-hybridized carbons (Fsp3) is 0.387. The van der Waals surface area contributed by atoms with Gasteiger partial charge in [0, 0.05) is 61.9 Å². The second-order valence-corrected chi connectivity index (χ2v) is 9.92. The summed E-state index contributed by atoms with van der Waals surface area (Å²) in [6.45, 7) is 0.927. The van der Waals surface area contributed by atoms with Gasteiger partial charge in [0.2, 0.25) is 0 Å². The van der Waals surface area contributed by atoms with E-state index in [-0.39, 0.29) is 18.4 Å². The van der Waals surface area contributed by atoms with E-state index in [4.69, 9.17) is 27.0 Å². The van der Waals surface area contributed by atoms with Gasteiger partial charge < -0.3 is 36.7 Å². The number of para-hydroxylation sites is 1. The number of esters is 1. The molecular weight excluding hydrogens is 524 g/mol. The third-order valence-corrected chi connectivity index (χ3v) is 6.71. The number of allylic oxidation sites excluding steroid dienone is 1. The Labute approximate surface area is 241 Å². The Morgan fingerprint density at radius 1 is 1.00 bits per heavy atom. The first-order chi connectivity index (χ1) is 19.7. The van der Waals surface area contributed by atoms with Crippen LogP contribution in [0.5, 0.6) is 0 Å². The Morgan fingerprint density at radius 2 is 1.63 bits per heavy atom. The molecule has 0 radical (unpaired) electrons. The van der Waals surface area contributed by atoms with Crippen molar-refractivity contribution in [2.45, 2.75) is 38.1 Å². The second-order valence-electron chi connectivity index (χ2n) is 9.92. The van der Waals surface area contributed by atoms with Gasteiger partial charge in [-0.3, -0.25) is 9.59 Å². The lowest BCUT2D eigenvalue weighted by Gasteiger charge is -2.28. The van der Waals surface area contributed by atoms with Crippen LogP contribution in [-0.4, -0.2) is 61.6 Å². The molecule has 1 fully saturated rings. The van der Waals surface area contributed by atoms with Gasteiger partial charge in [0.05, 0.1) is 12.2 Å². The molecule has 222 valence electrons. The van der Waals surface area contributed by atoms with Crippen molar-refractivity contribution < 1.29 is 29.0 Å². The highest BCUT2D eigenvalue weighted by atomic mass is 16.5. The number of carboxylic acids is 1. The number of carboxylic acid groups (broad SMARTS) is 1. The number of benzene rings is 2. The topological polar surface area (TPSA) is 171 Å². The van der Waals surface area contributed by atoms with Gasteiger partial charge in [-0.05, 0) is 74.1 Å². The summed E-state index contributed by atoms with van der Waals surface area (Å²) < 4.78 is 9.79. The molecule has 0 spiro atoms. The summed E-state index contributed by atoms with van der Waals surface area (Å²) in [4.78, 5) is 36.7. The van der Waals surface area contributed by atoms with Crippen molar-refractivity contribution in [2.75, 3.05) is 38.8 Å². The molecule has 0 saturated heterocycles. The molecular formula is C31H42N4O6. The van der Waals surface area contributed by atoms with E-state index in [1.807, 2.05) is 47.6 Å². The van der Waals surface area contributed by atoms with E-state index in [2.05, 4.69) is 4.74 Å². The first-order valence-corrected chi connectivity index (χ1v) is 13.6. The zero-order chi connectivity index (χ0) is 30.2. The molecule has 1 saturated carbocycles. The van der Waals surface area contributed by atoms with E-state index in [0.717, 1.165) is 42.4 Å². The molecule has 3 atom stereocenters. The average molecular weight is 567 g/mol. The number of aliphatic carboxylic acids is 1. The number of nitrogen functional groups attached to an aromatic ring is 2. The molecule has 41 heavy (non-hydrogen) atoms. The van der Waals surface area contributed by atoms with Gasteiger partial charge >= 0.3 is 11.9 Å². The van der Waals surface area contributed by atoms with Crippen LogP contribution in [0.1, 0.15) is 42.5 Å². The van der Waals surface area contributed by atoms with Crippen LogP contribution >= 0.6 is 0 Å². The zero-order valence-electron chi connectivity index (χ0n) is 23.8. The van der Waals surface area contributed by atoms with Gasteiger partial charge in [0.15, 0.2) is 0 Å². The quantitative estimate of drug-likeness (QED) is 0.143. The first kappa shape index (κ1) is 33.1. The van der Waals surface area contributed by atoms with Crippen LogP contribution in [0.4, 0.5) is 11.4 Å². The molecule has 1 heterocycles. The Hall–Kier alpha value is -4.15. The second kappa shape index (κ2) is 17.5. The number of carbonyl (C=O) groups excluding carboxylic acids is 2. The molecule has 10 nitrogen and oxygen atoms in total. The summed E-state index contributed by atoms with van der Waals surface area (Å²) in [5, 5.41) is 8.87. The predicted octanol–water partition coefficient (Wildman–Crippen LogP) is 3.85. The molecule has 1 aliphatic heterocycles. The van der Waals surface area contributed by atoms with Gasteiger partial charge in [0.25, 0.3) is 0 Å². The average Bonchev–Trinajstić information content (AvgIpc) is 3.38. The van der Waals surface area contributed by atoms with E-state index in [1.165, 1.54) is 0 Å². The van der Waals surface area contributed by atoms with Crippen molar-refractivity contribution >= 4 is 29.6 Å². The molecule has 10 heteroatoms. The molecule has 2 aromatic rings. The minimum Gasteiger partial charge on any atom is -0.480 e. The maximum atomic E-state index is 12.3. The minimum atomic E-state index is -0.992. The van der Waals surface area contributed by atoms with Crippen molar-refractivity contribution in [1.29, 1.82) is 0 Å². The van der Waals surface area contributed by atoms with Gasteiger partial charge in [-0.1, -0.05) is 18.2 Å². The van der Waals surface area contributed by atoms with Crippen LogP contribution in [0.3, 0.4) is 0 Å². The molecule has 4 rings (SSSR count). The third kappa shape index (κ3) is 11.1. The lowest BCUT2D eigenvalue weighted by atomic mass is 9.90. The van der Waals surface area contributed by atoms with E-state index >= 15 is 0 Å². The molecule has 7 N–H and O–H groups in total. The Balaban J connectivity index is 0.000000498. The van der Waals surface area contributed by atoms with Crippen LogP contribution in [-0.2, 0) is 19.1 Å². The van der Waals surface area contributed by atoms with Crippen LogP contribution in [0.25, 0.3) is 0 Å². The van der Waals surface area contributed by atoms with Gasteiger partial charge in [0.1, 0.15) is 12.3 Å². The highest BCUT2D eigenvalue weighted by molar-refractivity contribution is 5.89. The molecule has 1 aliphatic carbocycles. The van der Waals surface area contributed by atoms with Gasteiger partial charge in [-0.2, -0.15) is 0 Å². The summed E-state index contributed by atoms with van der Waals surface area (Å²) in [7, 11) is 3.25. The fourth-order valence-corrected chi connectivity index (χ4v) is 4.59. The number of anilines is 2. The number of fused-ring (bicyclic) bond motifs is 1. The predicted molar refractivity (Wildman–Crippen MR) is 160 cm³/mol. The SMILES string of the molecule is COC.Nc1ccc(C(=O)OCC2CCC3C(C=O)=CN(CCCCC(N)C(=O)O)C=C23)cc1.Nc1ccccc1. The molecule has 2 aromatic carbocycles. The van der Waals surface area contributed by atoms with E-state index in [0.29, 0.717) is 30.6 Å². The van der Waals surface area contributed by atoms with Crippen molar-refractivity contribution in [3.63, 3.8) is 0 Å². The highest BCUT2D eigenvalue weighted by Crippen LogP contribution is 2.43. The number of aldehydes is 1. The number of hydrogen-bond donors (Lipinski definition) is 4. The Kier molecular flexibility index (Phi) is 14.1. The largest absolute Gasteiger partial charge is 0.480 e. The number of nitrogens with two attached hydrogens (primary N) is 3. The van der Waals surface area contributed by atoms with Crippen molar-refractivity contribution in [2.24, 2.45) is 17.6 Å². The molecule has 3 unspecified atom stereocenters. The van der Waals surface area contributed by atoms with E-state index in [1.54, 1.807) is 38.5 Å². The Bertz CT molecular complexity index is 1170. The van der Waals surface area contributed by atoms with Crippen molar-refractivity contribution in [3.05, 3.63) is 83.7 Å². The smallest absolute Gasteiger partial charge is 0.338 e. The number of nitrogens with zero attached hydrogens (tertiary/aromatic N) is 1. The standard InChI is InChI=1S/C23H29N3O5.C6H7N.C2H6O/c24-18-7-4-15(5-8-18)23(30)31-14-16-6-9-19-17(13-27)11-26(12-20(16)19)10-2-1-3-21(25)22(28)29;7-6-4-2-1-3-5-6;1-3-2/h4-5,7-8,11-13,16,19,21H,1-3,6,9-10,14,24-25H2,(H,28,29);1-5H,7H2;1-2H3. The summed E-state index contributed by atoms with van der Waals surface area (Å²) in [5.74, 6) is -1.25.